The molecule has 0 fully saturated rings. The van der Waals surface area contributed by atoms with Gasteiger partial charge in [0.15, 0.2) is 17.3 Å². The second kappa shape index (κ2) is 5.83. The molecule has 1 aromatic carbocycles. The number of carbonyl (C=O) groups excluding carboxylic acids is 1. The van der Waals surface area contributed by atoms with Crippen molar-refractivity contribution >= 4 is 11.7 Å². The molecule has 2 aliphatic rings. The van der Waals surface area contributed by atoms with E-state index in [9.17, 15) is 4.79 Å². The van der Waals surface area contributed by atoms with E-state index in [0.717, 1.165) is 16.8 Å². The van der Waals surface area contributed by atoms with Gasteiger partial charge in [-0.05, 0) is 60.6 Å². The van der Waals surface area contributed by atoms with E-state index in [-0.39, 0.29) is 23.8 Å². The largest absolute Gasteiger partial charge is 0.454 e. The number of aromatic nitrogens is 2. The lowest BCUT2D eigenvalue weighted by Gasteiger charge is -2.20. The molecule has 0 unspecified atom stereocenters. The molecular formula is C21H26N4O3. The van der Waals surface area contributed by atoms with Crippen LogP contribution in [0.3, 0.4) is 0 Å². The fraction of sp³-hybridized carbons (Fsp3) is 0.476. The van der Waals surface area contributed by atoms with Gasteiger partial charge in [0, 0.05) is 16.7 Å². The SMILES string of the molecule is Cc1nn2c(c1C(=O)NC(C)(C)C)-c1cc3c(cc1C2=NC(C)(C)C)OCO3. The normalized spacial score (nSPS) is 16.3. The molecule has 28 heavy (non-hydrogen) atoms. The van der Waals surface area contributed by atoms with Crippen molar-refractivity contribution < 1.29 is 14.3 Å². The Morgan fingerprint density at radius 1 is 1.11 bits per heavy atom. The lowest BCUT2D eigenvalue weighted by molar-refractivity contribution is 0.0919. The van der Waals surface area contributed by atoms with E-state index in [1.165, 1.54) is 0 Å². The van der Waals surface area contributed by atoms with Crippen molar-refractivity contribution in [3.8, 4) is 22.8 Å². The van der Waals surface area contributed by atoms with Crippen molar-refractivity contribution in [1.82, 2.24) is 15.1 Å². The summed E-state index contributed by atoms with van der Waals surface area (Å²) in [5.41, 5.74) is 3.10. The molecular weight excluding hydrogens is 356 g/mol. The Morgan fingerprint density at radius 2 is 1.71 bits per heavy atom. The molecule has 2 aromatic rings. The maximum Gasteiger partial charge on any atom is 0.255 e. The molecule has 0 saturated carbocycles. The van der Waals surface area contributed by atoms with Gasteiger partial charge in [-0.25, -0.2) is 4.68 Å². The van der Waals surface area contributed by atoms with E-state index in [4.69, 9.17) is 14.5 Å². The average Bonchev–Trinajstić information content (AvgIpc) is 3.17. The molecule has 0 aliphatic carbocycles. The number of nitrogens with one attached hydrogen (secondary N) is 1. The number of hydrogen-bond donors (Lipinski definition) is 1. The second-order valence-corrected chi connectivity index (χ2v) is 9.28. The highest BCUT2D eigenvalue weighted by Gasteiger charge is 2.36. The Labute approximate surface area is 164 Å². The lowest BCUT2D eigenvalue weighted by atomic mass is 10.00. The predicted octanol–water partition coefficient (Wildman–Crippen LogP) is 3.52. The number of aryl methyl sites for hydroxylation is 1. The topological polar surface area (TPSA) is 77.7 Å². The molecule has 0 radical (unpaired) electrons. The van der Waals surface area contributed by atoms with Crippen molar-refractivity contribution in [2.45, 2.75) is 59.5 Å². The van der Waals surface area contributed by atoms with Crippen molar-refractivity contribution in [2.24, 2.45) is 4.99 Å². The van der Waals surface area contributed by atoms with Crippen LogP contribution in [0.2, 0.25) is 0 Å². The summed E-state index contributed by atoms with van der Waals surface area (Å²) in [7, 11) is 0. The molecule has 2 aliphatic heterocycles. The van der Waals surface area contributed by atoms with E-state index in [0.29, 0.717) is 28.6 Å². The van der Waals surface area contributed by atoms with E-state index in [1.54, 1.807) is 4.68 Å². The zero-order valence-corrected chi connectivity index (χ0v) is 17.4. The van der Waals surface area contributed by atoms with Gasteiger partial charge in [0.05, 0.1) is 22.5 Å². The summed E-state index contributed by atoms with van der Waals surface area (Å²) >= 11 is 0. The Balaban J connectivity index is 1.96. The maximum atomic E-state index is 13.1. The molecule has 7 nitrogen and oxygen atoms in total. The smallest absolute Gasteiger partial charge is 0.255 e. The Hall–Kier alpha value is -2.83. The Morgan fingerprint density at radius 3 is 2.29 bits per heavy atom. The predicted molar refractivity (Wildman–Crippen MR) is 107 cm³/mol. The summed E-state index contributed by atoms with van der Waals surface area (Å²) in [5.74, 6) is 1.92. The molecule has 1 aromatic heterocycles. The molecule has 1 N–H and O–H groups in total. The number of carbonyl (C=O) groups is 1. The summed E-state index contributed by atoms with van der Waals surface area (Å²) < 4.78 is 12.9. The highest BCUT2D eigenvalue weighted by Crippen LogP contribution is 2.44. The maximum absolute atomic E-state index is 13.1. The first-order valence-corrected chi connectivity index (χ1v) is 9.41. The van der Waals surface area contributed by atoms with Crippen LogP contribution in [0.25, 0.3) is 11.3 Å². The van der Waals surface area contributed by atoms with Crippen LogP contribution >= 0.6 is 0 Å². The van der Waals surface area contributed by atoms with Crippen molar-refractivity contribution in [3.05, 3.63) is 29.0 Å². The fourth-order valence-corrected chi connectivity index (χ4v) is 3.47. The number of rotatable bonds is 1. The van der Waals surface area contributed by atoms with Gasteiger partial charge in [-0.15, -0.1) is 0 Å². The van der Waals surface area contributed by atoms with Gasteiger partial charge >= 0.3 is 0 Å². The number of aliphatic imine (C=N–C) groups is 1. The van der Waals surface area contributed by atoms with Crippen LogP contribution in [0.5, 0.6) is 11.5 Å². The minimum Gasteiger partial charge on any atom is -0.454 e. The first kappa shape index (κ1) is 18.5. The summed E-state index contributed by atoms with van der Waals surface area (Å²) in [6, 6.07) is 3.85. The minimum absolute atomic E-state index is 0.146. The summed E-state index contributed by atoms with van der Waals surface area (Å²) in [6.45, 7) is 14.0. The van der Waals surface area contributed by atoms with Gasteiger partial charge in [0.25, 0.3) is 5.91 Å². The number of nitrogens with zero attached hydrogens (tertiary/aromatic N) is 3. The first-order chi connectivity index (χ1) is 12.9. The highest BCUT2D eigenvalue weighted by atomic mass is 16.7. The summed E-state index contributed by atoms with van der Waals surface area (Å²) in [4.78, 5) is 18.0. The molecule has 3 heterocycles. The van der Waals surface area contributed by atoms with Crippen LogP contribution in [0.1, 0.15) is 63.2 Å². The van der Waals surface area contributed by atoms with Crippen LogP contribution in [0, 0.1) is 6.92 Å². The number of ether oxygens (including phenoxy) is 2. The lowest BCUT2D eigenvalue weighted by Crippen LogP contribution is -2.40. The summed E-state index contributed by atoms with van der Waals surface area (Å²) in [6.07, 6.45) is 0. The van der Waals surface area contributed by atoms with Gasteiger partial charge in [-0.2, -0.15) is 5.10 Å². The third-order valence-corrected chi connectivity index (χ3v) is 4.43. The molecule has 7 heteroatoms. The molecule has 148 valence electrons. The summed E-state index contributed by atoms with van der Waals surface area (Å²) in [5, 5.41) is 7.72. The highest BCUT2D eigenvalue weighted by molar-refractivity contribution is 6.16. The van der Waals surface area contributed by atoms with E-state index < -0.39 is 0 Å². The van der Waals surface area contributed by atoms with Gasteiger partial charge in [0.1, 0.15) is 0 Å². The zero-order valence-electron chi connectivity index (χ0n) is 17.4. The van der Waals surface area contributed by atoms with Crippen molar-refractivity contribution in [1.29, 1.82) is 0 Å². The van der Waals surface area contributed by atoms with Crippen molar-refractivity contribution in [3.63, 3.8) is 0 Å². The van der Waals surface area contributed by atoms with Gasteiger partial charge in [0.2, 0.25) is 6.79 Å². The fourth-order valence-electron chi connectivity index (χ4n) is 3.47. The molecule has 0 spiro atoms. The van der Waals surface area contributed by atoms with E-state index in [1.807, 2.05) is 60.6 Å². The molecule has 1 amide bonds. The molecule has 0 saturated heterocycles. The van der Waals surface area contributed by atoms with Gasteiger partial charge in [-0.3, -0.25) is 9.79 Å². The number of amides is 1. The van der Waals surface area contributed by atoms with Crippen LogP contribution < -0.4 is 14.8 Å². The van der Waals surface area contributed by atoms with Gasteiger partial charge in [-0.1, -0.05) is 0 Å². The minimum atomic E-state index is -0.350. The van der Waals surface area contributed by atoms with Crippen molar-refractivity contribution in [2.75, 3.05) is 6.79 Å². The molecule has 4 rings (SSSR count). The van der Waals surface area contributed by atoms with E-state index in [2.05, 4.69) is 10.4 Å². The second-order valence-electron chi connectivity index (χ2n) is 9.28. The Bertz CT molecular complexity index is 1020. The first-order valence-electron chi connectivity index (χ1n) is 9.41. The number of benzene rings is 1. The zero-order chi connectivity index (χ0) is 20.4. The quantitative estimate of drug-likeness (QED) is 0.698. The third-order valence-electron chi connectivity index (χ3n) is 4.43. The van der Waals surface area contributed by atoms with Crippen LogP contribution in [0.15, 0.2) is 17.1 Å². The van der Waals surface area contributed by atoms with Crippen LogP contribution in [-0.2, 0) is 0 Å². The van der Waals surface area contributed by atoms with E-state index >= 15 is 0 Å². The molecule has 0 bridgehead atoms. The number of hydrogen-bond acceptors (Lipinski definition) is 5. The molecule has 0 atom stereocenters. The monoisotopic (exact) mass is 382 g/mol. The third kappa shape index (κ3) is 3.04. The standard InChI is InChI=1S/C21H26N4O3/c1-11-16(19(26)23-21(5,6)7)17-12-8-14-15(28-10-27-14)9-13(12)18(25(17)24-11)22-20(2,3)4/h8-9H,10H2,1-7H3,(H,23,26). The number of fused-ring (bicyclic) bond motifs is 4. The average molecular weight is 382 g/mol. The van der Waals surface area contributed by atoms with Gasteiger partial charge < -0.3 is 14.8 Å². The Kier molecular flexibility index (Phi) is 3.86. The van der Waals surface area contributed by atoms with Crippen LogP contribution in [0.4, 0.5) is 0 Å². The van der Waals surface area contributed by atoms with Crippen LogP contribution in [-0.4, -0.2) is 39.4 Å².